The number of rotatable bonds is 7. The maximum atomic E-state index is 11.7. The molecule has 0 spiro atoms. The third kappa shape index (κ3) is 6.01. The molecule has 0 aliphatic carbocycles. The van der Waals surface area contributed by atoms with Crippen molar-refractivity contribution in [2.45, 2.75) is 6.42 Å². The van der Waals surface area contributed by atoms with Crippen molar-refractivity contribution in [3.8, 4) is 0 Å². The lowest BCUT2D eigenvalue weighted by Gasteiger charge is -1.99. The maximum absolute atomic E-state index is 11.7. The van der Waals surface area contributed by atoms with Crippen LogP contribution in [0.3, 0.4) is 0 Å². The number of nitrogens with zero attached hydrogens (tertiary/aromatic N) is 1. The van der Waals surface area contributed by atoms with Gasteiger partial charge in [0.15, 0.2) is 5.96 Å². The van der Waals surface area contributed by atoms with E-state index >= 15 is 0 Å². The van der Waals surface area contributed by atoms with Gasteiger partial charge >= 0.3 is 5.97 Å². The Labute approximate surface area is 120 Å². The monoisotopic (exact) mass is 296 g/mol. The summed E-state index contributed by atoms with van der Waals surface area (Å²) >= 11 is 1.30. The summed E-state index contributed by atoms with van der Waals surface area (Å²) in [7, 11) is 0. The number of hydrogen-bond acceptors (Lipinski definition) is 4. The Balaban J connectivity index is 2.48. The van der Waals surface area contributed by atoms with Gasteiger partial charge in [-0.05, 0) is 18.2 Å². The van der Waals surface area contributed by atoms with Gasteiger partial charge in [-0.1, -0.05) is 6.08 Å². The molecule has 7 nitrogen and oxygen atoms in total. The van der Waals surface area contributed by atoms with Crippen molar-refractivity contribution in [1.29, 1.82) is 0 Å². The van der Waals surface area contributed by atoms with Gasteiger partial charge in [0.25, 0.3) is 5.91 Å². The Bertz CT molecular complexity index is 533. The van der Waals surface area contributed by atoms with Crippen LogP contribution in [-0.2, 0) is 4.79 Å². The standard InChI is InChI=1S/C12H16N4O3S/c13-12(14)16-6-1-2-8-3-4-9(20-8)11(19)15-7-5-10(17)18/h1-4H,5-7H2,(H,15,19)(H,17,18)(H4,13,14,16)/b2-1+. The number of guanidine groups is 1. The topological polar surface area (TPSA) is 131 Å². The zero-order valence-electron chi connectivity index (χ0n) is 10.7. The van der Waals surface area contributed by atoms with E-state index in [9.17, 15) is 9.59 Å². The molecule has 1 aromatic heterocycles. The Morgan fingerprint density at radius 3 is 2.80 bits per heavy atom. The molecule has 0 saturated carbocycles. The van der Waals surface area contributed by atoms with Gasteiger partial charge in [0, 0.05) is 11.4 Å². The lowest BCUT2D eigenvalue weighted by atomic mass is 10.3. The maximum Gasteiger partial charge on any atom is 0.305 e. The highest BCUT2D eigenvalue weighted by Gasteiger charge is 2.08. The minimum atomic E-state index is -0.945. The Hall–Kier alpha value is -2.35. The molecule has 20 heavy (non-hydrogen) atoms. The van der Waals surface area contributed by atoms with Crippen LogP contribution in [0.4, 0.5) is 0 Å². The van der Waals surface area contributed by atoms with Gasteiger partial charge in [-0.3, -0.25) is 9.59 Å². The first-order valence-electron chi connectivity index (χ1n) is 5.81. The first kappa shape index (κ1) is 15.7. The quantitative estimate of drug-likeness (QED) is 0.423. The van der Waals surface area contributed by atoms with E-state index in [4.69, 9.17) is 16.6 Å². The first-order valence-corrected chi connectivity index (χ1v) is 6.62. The van der Waals surface area contributed by atoms with E-state index < -0.39 is 5.97 Å². The highest BCUT2D eigenvalue weighted by Crippen LogP contribution is 2.17. The molecule has 0 fully saturated rings. The molecule has 1 heterocycles. The number of carbonyl (C=O) groups is 2. The molecule has 0 bridgehead atoms. The summed E-state index contributed by atoms with van der Waals surface area (Å²) in [5.74, 6) is -1.20. The molecule has 1 rings (SSSR count). The molecular formula is C12H16N4O3S. The molecule has 0 saturated heterocycles. The zero-order valence-corrected chi connectivity index (χ0v) is 11.5. The number of carboxylic acids is 1. The van der Waals surface area contributed by atoms with Gasteiger partial charge in [-0.15, -0.1) is 11.3 Å². The average molecular weight is 296 g/mol. The summed E-state index contributed by atoms with van der Waals surface area (Å²) in [6.45, 7) is 0.488. The number of hydrogen-bond donors (Lipinski definition) is 4. The van der Waals surface area contributed by atoms with Crippen molar-refractivity contribution < 1.29 is 14.7 Å². The number of amides is 1. The zero-order chi connectivity index (χ0) is 15.0. The molecule has 8 heteroatoms. The molecule has 0 unspecified atom stereocenters. The fourth-order valence-electron chi connectivity index (χ4n) is 1.26. The van der Waals surface area contributed by atoms with E-state index in [1.165, 1.54) is 11.3 Å². The molecule has 0 aliphatic heterocycles. The van der Waals surface area contributed by atoms with Crippen molar-refractivity contribution in [3.63, 3.8) is 0 Å². The van der Waals surface area contributed by atoms with Crippen molar-refractivity contribution in [2.75, 3.05) is 13.1 Å². The minimum absolute atomic E-state index is 0.0272. The summed E-state index contributed by atoms with van der Waals surface area (Å²) in [6, 6.07) is 3.48. The number of aliphatic imine (C=N–C) groups is 1. The van der Waals surface area contributed by atoms with Gasteiger partial charge < -0.3 is 21.9 Å². The summed E-state index contributed by atoms with van der Waals surface area (Å²) in [5, 5.41) is 11.0. The predicted octanol–water partition coefficient (Wildman–Crippen LogP) is 0.239. The van der Waals surface area contributed by atoms with E-state index in [1.807, 2.05) is 6.08 Å². The molecular weight excluding hydrogens is 280 g/mol. The van der Waals surface area contributed by atoms with Crippen molar-refractivity contribution in [1.82, 2.24) is 5.32 Å². The normalized spacial score (nSPS) is 10.4. The second-order valence-corrected chi connectivity index (χ2v) is 4.88. The number of carboxylic acid groups (broad SMARTS) is 1. The van der Waals surface area contributed by atoms with Crippen LogP contribution >= 0.6 is 11.3 Å². The SMILES string of the molecule is NC(N)=NC/C=C/c1ccc(C(=O)NCCC(=O)O)s1. The lowest BCUT2D eigenvalue weighted by molar-refractivity contribution is -0.136. The molecule has 108 valence electrons. The highest BCUT2D eigenvalue weighted by atomic mass is 32.1. The molecule has 6 N–H and O–H groups in total. The fraction of sp³-hybridized carbons (Fsp3) is 0.250. The molecule has 0 atom stereocenters. The Kier molecular flexibility index (Phi) is 6.24. The van der Waals surface area contributed by atoms with Gasteiger partial charge in [0.1, 0.15) is 0 Å². The number of thiophene rings is 1. The van der Waals surface area contributed by atoms with Gasteiger partial charge in [0.05, 0.1) is 17.8 Å². The van der Waals surface area contributed by atoms with Crippen LogP contribution < -0.4 is 16.8 Å². The number of aliphatic carboxylic acids is 1. The molecule has 0 aliphatic rings. The summed E-state index contributed by atoms with van der Waals surface area (Å²) in [5.41, 5.74) is 10.4. The Morgan fingerprint density at radius 2 is 2.15 bits per heavy atom. The number of nitrogens with two attached hydrogens (primary N) is 2. The van der Waals surface area contributed by atoms with Crippen molar-refractivity contribution >= 4 is 35.2 Å². The van der Waals surface area contributed by atoms with Crippen molar-refractivity contribution in [3.05, 3.63) is 28.0 Å². The first-order chi connectivity index (χ1) is 9.49. The van der Waals surface area contributed by atoms with E-state index in [0.29, 0.717) is 11.4 Å². The third-order valence-electron chi connectivity index (χ3n) is 2.14. The van der Waals surface area contributed by atoms with Crippen LogP contribution in [0.1, 0.15) is 21.0 Å². The Morgan fingerprint density at radius 1 is 1.40 bits per heavy atom. The summed E-state index contributed by atoms with van der Waals surface area (Å²) in [6.07, 6.45) is 3.49. The summed E-state index contributed by atoms with van der Waals surface area (Å²) < 4.78 is 0. The number of carbonyl (C=O) groups excluding carboxylic acids is 1. The second-order valence-electron chi connectivity index (χ2n) is 3.77. The average Bonchev–Trinajstić information content (AvgIpc) is 2.82. The van der Waals surface area contributed by atoms with Gasteiger partial charge in [-0.2, -0.15) is 0 Å². The third-order valence-corrected chi connectivity index (χ3v) is 3.19. The van der Waals surface area contributed by atoms with Crippen LogP contribution in [0, 0.1) is 0 Å². The van der Waals surface area contributed by atoms with Gasteiger partial charge in [-0.25, -0.2) is 4.99 Å². The van der Waals surface area contributed by atoms with E-state index in [0.717, 1.165) is 4.88 Å². The van der Waals surface area contributed by atoms with E-state index in [-0.39, 0.29) is 24.8 Å². The highest BCUT2D eigenvalue weighted by molar-refractivity contribution is 7.14. The van der Waals surface area contributed by atoms with Crippen LogP contribution in [0.25, 0.3) is 6.08 Å². The molecule has 1 amide bonds. The predicted molar refractivity (Wildman–Crippen MR) is 78.6 cm³/mol. The van der Waals surface area contributed by atoms with Crippen LogP contribution in [0.2, 0.25) is 0 Å². The van der Waals surface area contributed by atoms with Crippen molar-refractivity contribution in [2.24, 2.45) is 16.5 Å². The van der Waals surface area contributed by atoms with Gasteiger partial charge in [0.2, 0.25) is 0 Å². The minimum Gasteiger partial charge on any atom is -0.481 e. The summed E-state index contributed by atoms with van der Waals surface area (Å²) in [4.78, 5) is 27.2. The molecule has 0 aromatic carbocycles. The second kappa shape index (κ2) is 7.95. The van der Waals surface area contributed by atoms with Crippen LogP contribution in [0.5, 0.6) is 0 Å². The largest absolute Gasteiger partial charge is 0.481 e. The van der Waals surface area contributed by atoms with E-state index in [1.54, 1.807) is 18.2 Å². The molecule has 1 aromatic rings. The van der Waals surface area contributed by atoms with Crippen LogP contribution in [-0.4, -0.2) is 36.0 Å². The molecule has 0 radical (unpaired) electrons. The number of nitrogens with one attached hydrogen (secondary N) is 1. The lowest BCUT2D eigenvalue weighted by Crippen LogP contribution is -2.25. The van der Waals surface area contributed by atoms with Crippen LogP contribution in [0.15, 0.2) is 23.2 Å². The smallest absolute Gasteiger partial charge is 0.305 e. The fourth-order valence-corrected chi connectivity index (χ4v) is 2.12. The van der Waals surface area contributed by atoms with E-state index in [2.05, 4.69) is 10.3 Å².